The number of aryl methyl sites for hydroxylation is 1. The van der Waals surface area contributed by atoms with Crippen molar-refractivity contribution in [2.24, 2.45) is 0 Å². The Morgan fingerprint density at radius 3 is 2.27 bits per heavy atom. The molecule has 3 aromatic rings. The van der Waals surface area contributed by atoms with Crippen molar-refractivity contribution in [1.29, 1.82) is 0 Å². The lowest BCUT2D eigenvalue weighted by Gasteiger charge is -2.26. The Labute approximate surface area is 212 Å². The van der Waals surface area contributed by atoms with Crippen molar-refractivity contribution >= 4 is 23.1 Å². The summed E-state index contributed by atoms with van der Waals surface area (Å²) in [5, 5.41) is 21.7. The molecule has 0 bridgehead atoms. The van der Waals surface area contributed by atoms with E-state index in [-0.39, 0.29) is 40.0 Å². The second-order valence-corrected chi connectivity index (χ2v) is 8.85. The molecule has 192 valence electrons. The topological polar surface area (TPSA) is 96.3 Å². The highest BCUT2D eigenvalue weighted by atomic mass is 19.2. The fourth-order valence-corrected chi connectivity index (χ4v) is 4.26. The number of aliphatic hydroxyl groups excluding tert-OH is 1. The van der Waals surface area contributed by atoms with Gasteiger partial charge in [0.1, 0.15) is 11.5 Å². The van der Waals surface area contributed by atoms with Crippen molar-refractivity contribution < 1.29 is 38.1 Å². The van der Waals surface area contributed by atoms with E-state index in [4.69, 9.17) is 9.47 Å². The molecule has 7 nitrogen and oxygen atoms in total. The summed E-state index contributed by atoms with van der Waals surface area (Å²) in [5.74, 6) is -4.43. The summed E-state index contributed by atoms with van der Waals surface area (Å²) in [6, 6.07) is 10.5. The summed E-state index contributed by atoms with van der Waals surface area (Å²) < 4.78 is 38.6. The molecule has 1 saturated heterocycles. The Kier molecular flexibility index (Phi) is 6.89. The first kappa shape index (κ1) is 25.7. The van der Waals surface area contributed by atoms with Crippen molar-refractivity contribution in [3.05, 3.63) is 88.5 Å². The van der Waals surface area contributed by atoms with Gasteiger partial charge < -0.3 is 19.7 Å². The minimum Gasteiger partial charge on any atom is -0.507 e. The number of ether oxygens (including phenoxy) is 2. The number of ketones is 1. The van der Waals surface area contributed by atoms with Crippen molar-refractivity contribution in [3.8, 4) is 17.2 Å². The molecule has 1 aliphatic heterocycles. The van der Waals surface area contributed by atoms with E-state index < -0.39 is 35.1 Å². The molecule has 0 spiro atoms. The van der Waals surface area contributed by atoms with Crippen LogP contribution in [0, 0.1) is 18.6 Å². The molecule has 0 aliphatic carbocycles. The Bertz CT molecular complexity index is 1430. The molecule has 1 unspecified atom stereocenters. The van der Waals surface area contributed by atoms with Gasteiger partial charge in [0.05, 0.1) is 24.8 Å². The zero-order chi connectivity index (χ0) is 27.0. The van der Waals surface area contributed by atoms with Crippen LogP contribution in [0.1, 0.15) is 36.6 Å². The number of phenols is 1. The zero-order valence-electron chi connectivity index (χ0n) is 20.6. The zero-order valence-corrected chi connectivity index (χ0v) is 20.6. The number of carbonyl (C=O) groups is 2. The number of benzene rings is 3. The Balaban J connectivity index is 1.93. The number of hydrogen-bond donors (Lipinski definition) is 2. The van der Waals surface area contributed by atoms with E-state index in [1.54, 1.807) is 25.1 Å². The first-order valence-electron chi connectivity index (χ1n) is 11.4. The molecular weight excluding hydrogens is 484 g/mol. The molecule has 0 aromatic heterocycles. The van der Waals surface area contributed by atoms with Gasteiger partial charge in [-0.25, -0.2) is 8.78 Å². The van der Waals surface area contributed by atoms with Crippen LogP contribution in [0.4, 0.5) is 14.5 Å². The fourth-order valence-electron chi connectivity index (χ4n) is 4.26. The van der Waals surface area contributed by atoms with Gasteiger partial charge in [-0.15, -0.1) is 0 Å². The van der Waals surface area contributed by atoms with Gasteiger partial charge in [-0.05, 0) is 74.4 Å². The third kappa shape index (κ3) is 4.72. The van der Waals surface area contributed by atoms with Crippen molar-refractivity contribution in [2.45, 2.75) is 32.9 Å². The van der Waals surface area contributed by atoms with E-state index in [9.17, 15) is 28.6 Å². The van der Waals surface area contributed by atoms with Crippen LogP contribution in [-0.4, -0.2) is 35.1 Å². The van der Waals surface area contributed by atoms with Crippen LogP contribution in [0.15, 0.2) is 60.2 Å². The normalized spacial score (nSPS) is 16.9. The minimum absolute atomic E-state index is 0.0812. The van der Waals surface area contributed by atoms with E-state index in [0.717, 1.165) is 23.1 Å². The first-order chi connectivity index (χ1) is 17.5. The average Bonchev–Trinajstić information content (AvgIpc) is 3.11. The summed E-state index contributed by atoms with van der Waals surface area (Å²) >= 11 is 0. The van der Waals surface area contributed by atoms with Crippen LogP contribution < -0.4 is 14.4 Å². The maximum absolute atomic E-state index is 14.1. The van der Waals surface area contributed by atoms with E-state index >= 15 is 0 Å². The molecule has 0 saturated carbocycles. The number of Topliss-reactive ketones (excluding diaryl/α,β-unsaturated/α-hetero) is 1. The van der Waals surface area contributed by atoms with Gasteiger partial charge in [0.25, 0.3) is 11.7 Å². The third-order valence-corrected chi connectivity index (χ3v) is 5.96. The van der Waals surface area contributed by atoms with Crippen molar-refractivity contribution in [3.63, 3.8) is 0 Å². The number of methoxy groups -OCH3 is 1. The van der Waals surface area contributed by atoms with Gasteiger partial charge in [0.15, 0.2) is 23.1 Å². The molecule has 4 rings (SSSR count). The lowest BCUT2D eigenvalue weighted by Crippen LogP contribution is -2.29. The van der Waals surface area contributed by atoms with Crippen LogP contribution in [0.25, 0.3) is 5.76 Å². The number of hydrogen-bond acceptors (Lipinski definition) is 6. The molecule has 3 aromatic carbocycles. The number of nitrogens with zero attached hydrogens (tertiary/aromatic N) is 1. The summed E-state index contributed by atoms with van der Waals surface area (Å²) in [4.78, 5) is 27.4. The SMILES string of the molecule is COc1ccc(C2/C(=C(\O)c3ccc(OC(C)C)c(C)c3)C(=O)C(=O)N2c2ccc(F)c(F)c2)cc1O. The summed E-state index contributed by atoms with van der Waals surface area (Å²) in [6.45, 7) is 5.52. The molecule has 2 N–H and O–H groups in total. The number of halogens is 2. The lowest BCUT2D eigenvalue weighted by atomic mass is 9.94. The van der Waals surface area contributed by atoms with Gasteiger partial charge in [-0.1, -0.05) is 6.07 Å². The van der Waals surface area contributed by atoms with E-state index in [2.05, 4.69) is 0 Å². The summed E-state index contributed by atoms with van der Waals surface area (Å²) in [7, 11) is 1.36. The van der Waals surface area contributed by atoms with Crippen molar-refractivity contribution in [2.75, 3.05) is 12.0 Å². The van der Waals surface area contributed by atoms with Crippen LogP contribution in [0.5, 0.6) is 17.2 Å². The molecule has 1 aliphatic rings. The van der Waals surface area contributed by atoms with E-state index in [1.807, 2.05) is 13.8 Å². The highest BCUT2D eigenvalue weighted by Crippen LogP contribution is 2.44. The number of rotatable bonds is 6. The molecule has 1 amide bonds. The standard InChI is InChI=1S/C28H25F2NO6/c1-14(2)37-22-9-6-17(11-15(22)3)26(33)24-25(16-5-10-23(36-4)21(32)12-16)31(28(35)27(24)34)18-7-8-19(29)20(30)13-18/h5-14,25,32-33H,1-4H3/b26-24+. The van der Waals surface area contributed by atoms with Gasteiger partial charge in [0, 0.05) is 17.3 Å². The molecule has 9 heteroatoms. The average molecular weight is 510 g/mol. The first-order valence-corrected chi connectivity index (χ1v) is 11.4. The highest BCUT2D eigenvalue weighted by molar-refractivity contribution is 6.51. The predicted molar refractivity (Wildman–Crippen MR) is 133 cm³/mol. The minimum atomic E-state index is -1.26. The molecule has 37 heavy (non-hydrogen) atoms. The maximum atomic E-state index is 14.1. The quantitative estimate of drug-likeness (QED) is 0.262. The monoisotopic (exact) mass is 509 g/mol. The van der Waals surface area contributed by atoms with Crippen LogP contribution in [0.2, 0.25) is 0 Å². The molecule has 1 fully saturated rings. The second kappa shape index (κ2) is 9.93. The number of aliphatic hydroxyl groups is 1. The van der Waals surface area contributed by atoms with Crippen LogP contribution in [0.3, 0.4) is 0 Å². The summed E-state index contributed by atoms with van der Waals surface area (Å²) in [5.41, 5.74) is 0.791. The van der Waals surface area contributed by atoms with Crippen LogP contribution in [-0.2, 0) is 9.59 Å². The van der Waals surface area contributed by atoms with Crippen molar-refractivity contribution in [1.82, 2.24) is 0 Å². The number of anilines is 1. The fraction of sp³-hybridized carbons (Fsp3) is 0.214. The van der Waals surface area contributed by atoms with Crippen LogP contribution >= 0.6 is 0 Å². The number of carbonyl (C=O) groups excluding carboxylic acids is 2. The number of amides is 1. The van der Waals surface area contributed by atoms with E-state index in [1.165, 1.54) is 25.3 Å². The number of phenolic OH excluding ortho intramolecular Hbond substituents is 1. The highest BCUT2D eigenvalue weighted by Gasteiger charge is 2.47. The maximum Gasteiger partial charge on any atom is 0.300 e. The Morgan fingerprint density at radius 1 is 0.973 bits per heavy atom. The lowest BCUT2D eigenvalue weighted by molar-refractivity contribution is -0.132. The van der Waals surface area contributed by atoms with Gasteiger partial charge in [-0.3, -0.25) is 14.5 Å². The molecule has 1 atom stereocenters. The molecular formula is C28H25F2NO6. The second-order valence-electron chi connectivity index (χ2n) is 8.85. The predicted octanol–water partition coefficient (Wildman–Crippen LogP) is 5.40. The summed E-state index contributed by atoms with van der Waals surface area (Å²) in [6.07, 6.45) is -0.0812. The Hall–Kier alpha value is -4.40. The van der Waals surface area contributed by atoms with Gasteiger partial charge in [0.2, 0.25) is 0 Å². The third-order valence-electron chi connectivity index (χ3n) is 5.96. The molecule has 0 radical (unpaired) electrons. The van der Waals surface area contributed by atoms with E-state index in [0.29, 0.717) is 11.3 Å². The largest absolute Gasteiger partial charge is 0.507 e. The molecule has 1 heterocycles. The smallest absolute Gasteiger partial charge is 0.300 e. The Morgan fingerprint density at radius 2 is 1.68 bits per heavy atom. The van der Waals surface area contributed by atoms with Gasteiger partial charge >= 0.3 is 0 Å². The number of aromatic hydroxyl groups is 1. The van der Waals surface area contributed by atoms with Gasteiger partial charge in [-0.2, -0.15) is 0 Å².